The second-order valence-electron chi connectivity index (χ2n) is 4.62. The number of aromatic nitrogens is 3. The van der Waals surface area contributed by atoms with Crippen LogP contribution in [-0.4, -0.2) is 20.1 Å². The minimum atomic E-state index is -0.375. The van der Waals surface area contributed by atoms with Gasteiger partial charge in [-0.3, -0.25) is 15.2 Å². The number of nitro groups is 1. The number of nitro benzene ring substituents is 1. The van der Waals surface area contributed by atoms with Crippen LogP contribution in [0.3, 0.4) is 0 Å². The van der Waals surface area contributed by atoms with E-state index in [1.807, 2.05) is 24.3 Å². The maximum atomic E-state index is 11.0. The number of rotatable bonds is 5. The minimum Gasteiger partial charge on any atom is -0.258 e. The highest BCUT2D eigenvalue weighted by atomic mass is 79.9. The number of hydrogen-bond donors (Lipinski definition) is 1. The molecule has 116 valence electrons. The number of aromatic amines is 1. The zero-order valence-corrected chi connectivity index (χ0v) is 14.2. The average molecular weight is 391 g/mol. The lowest BCUT2D eigenvalue weighted by atomic mass is 10.2. The summed E-state index contributed by atoms with van der Waals surface area (Å²) in [5.74, 6) is 1.09. The van der Waals surface area contributed by atoms with Crippen molar-refractivity contribution in [2.24, 2.45) is 0 Å². The molecule has 0 unspecified atom stereocenters. The standard InChI is InChI=1S/C15H11BrN4O2S/c16-12-7-3-2-6-11(12)14-17-15(19-18-14)23-9-10-5-1-4-8-13(10)20(21)22/h1-8H,9H2,(H,17,18,19). The van der Waals surface area contributed by atoms with Gasteiger partial charge < -0.3 is 0 Å². The van der Waals surface area contributed by atoms with Crippen LogP contribution in [0.4, 0.5) is 5.69 Å². The van der Waals surface area contributed by atoms with Gasteiger partial charge in [0.25, 0.3) is 5.69 Å². The van der Waals surface area contributed by atoms with E-state index in [1.165, 1.54) is 17.8 Å². The summed E-state index contributed by atoms with van der Waals surface area (Å²) in [6, 6.07) is 14.4. The van der Waals surface area contributed by atoms with Gasteiger partial charge in [0.1, 0.15) is 0 Å². The largest absolute Gasteiger partial charge is 0.273 e. The molecule has 0 spiro atoms. The Balaban J connectivity index is 1.76. The van der Waals surface area contributed by atoms with Crippen molar-refractivity contribution in [3.05, 3.63) is 68.7 Å². The number of benzene rings is 2. The van der Waals surface area contributed by atoms with Crippen LogP contribution in [-0.2, 0) is 5.75 Å². The van der Waals surface area contributed by atoms with Crippen molar-refractivity contribution in [3.63, 3.8) is 0 Å². The molecule has 6 nitrogen and oxygen atoms in total. The Hall–Kier alpha value is -2.19. The SMILES string of the molecule is O=[N+]([O-])c1ccccc1CSc1n[nH]c(-c2ccccc2Br)n1. The summed E-state index contributed by atoms with van der Waals surface area (Å²) in [5.41, 5.74) is 1.67. The van der Waals surface area contributed by atoms with Crippen LogP contribution in [0.15, 0.2) is 58.2 Å². The molecule has 3 aromatic rings. The number of nitrogens with zero attached hydrogens (tertiary/aromatic N) is 3. The molecule has 0 aliphatic heterocycles. The van der Waals surface area contributed by atoms with Gasteiger partial charge >= 0.3 is 0 Å². The minimum absolute atomic E-state index is 0.113. The van der Waals surface area contributed by atoms with E-state index in [-0.39, 0.29) is 10.6 Å². The Morgan fingerprint density at radius 1 is 1.17 bits per heavy atom. The van der Waals surface area contributed by atoms with Gasteiger partial charge in [0.2, 0.25) is 5.16 Å². The lowest BCUT2D eigenvalue weighted by Crippen LogP contribution is -1.93. The summed E-state index contributed by atoms with van der Waals surface area (Å²) >= 11 is 4.83. The van der Waals surface area contributed by atoms with E-state index in [9.17, 15) is 10.1 Å². The number of nitrogens with one attached hydrogen (secondary N) is 1. The highest BCUT2D eigenvalue weighted by molar-refractivity contribution is 9.10. The highest BCUT2D eigenvalue weighted by Crippen LogP contribution is 2.29. The van der Waals surface area contributed by atoms with Crippen LogP contribution in [0.2, 0.25) is 0 Å². The molecule has 0 aliphatic carbocycles. The van der Waals surface area contributed by atoms with Gasteiger partial charge in [0, 0.05) is 27.4 Å². The molecule has 0 aliphatic rings. The molecular formula is C15H11BrN4O2S. The van der Waals surface area contributed by atoms with Gasteiger partial charge in [-0.1, -0.05) is 64.1 Å². The molecule has 2 aromatic carbocycles. The van der Waals surface area contributed by atoms with Gasteiger partial charge in [0.05, 0.1) is 4.92 Å². The maximum absolute atomic E-state index is 11.0. The molecule has 0 fully saturated rings. The first-order valence-electron chi connectivity index (χ1n) is 6.67. The maximum Gasteiger partial charge on any atom is 0.273 e. The fourth-order valence-corrected chi connectivity index (χ4v) is 3.31. The van der Waals surface area contributed by atoms with Crippen molar-refractivity contribution >= 4 is 33.4 Å². The summed E-state index contributed by atoms with van der Waals surface area (Å²) < 4.78 is 0.923. The van der Waals surface area contributed by atoms with E-state index in [1.54, 1.807) is 18.2 Å². The quantitative estimate of drug-likeness (QED) is 0.395. The summed E-state index contributed by atoms with van der Waals surface area (Å²) in [6.07, 6.45) is 0. The Morgan fingerprint density at radius 3 is 2.70 bits per heavy atom. The third-order valence-corrected chi connectivity index (χ3v) is 4.73. The van der Waals surface area contributed by atoms with Crippen molar-refractivity contribution in [3.8, 4) is 11.4 Å². The van der Waals surface area contributed by atoms with Crippen LogP contribution in [0, 0.1) is 10.1 Å². The fourth-order valence-electron chi connectivity index (χ4n) is 2.04. The topological polar surface area (TPSA) is 84.7 Å². The average Bonchev–Trinajstić information content (AvgIpc) is 3.02. The lowest BCUT2D eigenvalue weighted by molar-refractivity contribution is -0.385. The predicted octanol–water partition coefficient (Wildman–Crippen LogP) is 4.43. The van der Waals surface area contributed by atoms with Crippen molar-refractivity contribution in [1.29, 1.82) is 0 Å². The molecule has 0 bridgehead atoms. The van der Waals surface area contributed by atoms with Crippen molar-refractivity contribution < 1.29 is 4.92 Å². The summed E-state index contributed by atoms with van der Waals surface area (Å²) in [4.78, 5) is 15.1. The zero-order valence-electron chi connectivity index (χ0n) is 11.8. The first kappa shape index (κ1) is 15.7. The Morgan fingerprint density at radius 2 is 1.91 bits per heavy atom. The molecule has 8 heteroatoms. The zero-order chi connectivity index (χ0) is 16.2. The van der Waals surface area contributed by atoms with Crippen LogP contribution in [0.5, 0.6) is 0 Å². The third-order valence-electron chi connectivity index (χ3n) is 3.14. The second-order valence-corrected chi connectivity index (χ2v) is 6.42. The highest BCUT2D eigenvalue weighted by Gasteiger charge is 2.14. The molecule has 1 N–H and O–H groups in total. The van der Waals surface area contributed by atoms with E-state index in [2.05, 4.69) is 31.1 Å². The van der Waals surface area contributed by atoms with Crippen molar-refractivity contribution in [1.82, 2.24) is 15.2 Å². The summed E-state index contributed by atoms with van der Waals surface area (Å²) in [7, 11) is 0. The molecule has 0 radical (unpaired) electrons. The van der Waals surface area contributed by atoms with E-state index < -0.39 is 0 Å². The number of hydrogen-bond acceptors (Lipinski definition) is 5. The van der Waals surface area contributed by atoms with Gasteiger partial charge in [0.15, 0.2) is 5.82 Å². The smallest absolute Gasteiger partial charge is 0.258 e. The number of H-pyrrole nitrogens is 1. The van der Waals surface area contributed by atoms with Gasteiger partial charge in [-0.2, -0.15) is 0 Å². The van der Waals surface area contributed by atoms with Gasteiger partial charge in [-0.25, -0.2) is 4.98 Å². The van der Waals surface area contributed by atoms with Crippen LogP contribution in [0.1, 0.15) is 5.56 Å². The molecule has 3 rings (SSSR count). The van der Waals surface area contributed by atoms with Crippen LogP contribution >= 0.6 is 27.7 Å². The monoisotopic (exact) mass is 390 g/mol. The third kappa shape index (κ3) is 3.59. The molecule has 0 saturated heterocycles. The predicted molar refractivity (Wildman–Crippen MR) is 92.2 cm³/mol. The molecule has 0 atom stereocenters. The number of thioether (sulfide) groups is 1. The molecule has 0 saturated carbocycles. The van der Waals surface area contributed by atoms with E-state index in [0.717, 1.165) is 10.0 Å². The van der Waals surface area contributed by atoms with E-state index in [4.69, 9.17) is 0 Å². The lowest BCUT2D eigenvalue weighted by Gasteiger charge is -2.00. The van der Waals surface area contributed by atoms with E-state index >= 15 is 0 Å². The first-order valence-corrected chi connectivity index (χ1v) is 8.45. The van der Waals surface area contributed by atoms with Gasteiger partial charge in [-0.15, -0.1) is 5.10 Å². The fraction of sp³-hybridized carbons (Fsp3) is 0.0667. The van der Waals surface area contributed by atoms with E-state index in [0.29, 0.717) is 22.3 Å². The first-order chi connectivity index (χ1) is 11.1. The molecule has 0 amide bonds. The van der Waals surface area contributed by atoms with Crippen LogP contribution in [0.25, 0.3) is 11.4 Å². The summed E-state index contributed by atoms with van der Waals surface area (Å²) in [6.45, 7) is 0. The van der Waals surface area contributed by atoms with Crippen molar-refractivity contribution in [2.45, 2.75) is 10.9 Å². The Labute approximate surface area is 144 Å². The Bertz CT molecular complexity index is 853. The van der Waals surface area contributed by atoms with Crippen LogP contribution < -0.4 is 0 Å². The second kappa shape index (κ2) is 6.93. The number of halogens is 1. The normalized spacial score (nSPS) is 10.7. The Kier molecular flexibility index (Phi) is 4.73. The van der Waals surface area contributed by atoms with Gasteiger partial charge in [-0.05, 0) is 6.07 Å². The molecule has 1 aromatic heterocycles. The molecule has 23 heavy (non-hydrogen) atoms. The molecule has 1 heterocycles. The van der Waals surface area contributed by atoms with Crippen molar-refractivity contribution in [2.75, 3.05) is 0 Å². The number of para-hydroxylation sites is 1. The summed E-state index contributed by atoms with van der Waals surface area (Å²) in [5, 5.41) is 18.6. The molecular weight excluding hydrogens is 380 g/mol.